The summed E-state index contributed by atoms with van der Waals surface area (Å²) in [6.45, 7) is 10.4. The van der Waals surface area contributed by atoms with Gasteiger partial charge in [-0.1, -0.05) is 49.5 Å². The van der Waals surface area contributed by atoms with E-state index in [4.69, 9.17) is 0 Å². The second-order valence-corrected chi connectivity index (χ2v) is 8.25. The van der Waals surface area contributed by atoms with E-state index in [1.165, 1.54) is 29.1 Å². The summed E-state index contributed by atoms with van der Waals surface area (Å²) in [7, 11) is 0. The van der Waals surface area contributed by atoms with Crippen molar-refractivity contribution in [2.24, 2.45) is 11.8 Å². The lowest BCUT2D eigenvalue weighted by Crippen LogP contribution is -2.38. The molecule has 1 aromatic carbocycles. The first-order valence-electron chi connectivity index (χ1n) is 9.45. The number of amides is 1. The van der Waals surface area contributed by atoms with E-state index in [0.717, 1.165) is 43.6 Å². The molecule has 2 heterocycles. The van der Waals surface area contributed by atoms with Gasteiger partial charge < -0.3 is 5.32 Å². The minimum Gasteiger partial charge on any atom is -0.347 e. The van der Waals surface area contributed by atoms with Gasteiger partial charge in [0.2, 0.25) is 0 Å². The van der Waals surface area contributed by atoms with Gasteiger partial charge in [0.25, 0.3) is 5.91 Å². The van der Waals surface area contributed by atoms with Crippen LogP contribution in [0.1, 0.15) is 53.7 Å². The van der Waals surface area contributed by atoms with E-state index in [0.29, 0.717) is 11.4 Å². The standard InChI is InChI=1S/C20H28N4OS/c1-4-18-19(26-23-22-18)20(25)21-10-16-7-5-6-8-17(16)13-24-11-14(2)9-15(3)12-24/h5-8,14-15H,4,9-13H2,1-3H3,(H,21,25)/t14-,15-/m0/s1. The topological polar surface area (TPSA) is 58.1 Å². The van der Waals surface area contributed by atoms with Crippen LogP contribution in [0.5, 0.6) is 0 Å². The molecule has 1 aliphatic heterocycles. The van der Waals surface area contributed by atoms with Gasteiger partial charge in [-0.05, 0) is 47.3 Å². The largest absolute Gasteiger partial charge is 0.347 e. The van der Waals surface area contributed by atoms with Crippen molar-refractivity contribution < 1.29 is 4.79 Å². The molecule has 0 saturated carbocycles. The molecule has 2 aromatic rings. The Kier molecular flexibility index (Phi) is 6.38. The molecule has 1 saturated heterocycles. The molecule has 1 N–H and O–H groups in total. The average Bonchev–Trinajstić information content (AvgIpc) is 3.08. The lowest BCUT2D eigenvalue weighted by Gasteiger charge is -2.35. The smallest absolute Gasteiger partial charge is 0.265 e. The summed E-state index contributed by atoms with van der Waals surface area (Å²) < 4.78 is 3.90. The molecule has 0 unspecified atom stereocenters. The van der Waals surface area contributed by atoms with E-state index in [-0.39, 0.29) is 5.91 Å². The Bertz CT molecular complexity index is 735. The molecule has 1 aliphatic rings. The first kappa shape index (κ1) is 19.0. The third kappa shape index (κ3) is 4.68. The lowest BCUT2D eigenvalue weighted by atomic mass is 9.91. The molecule has 2 atom stereocenters. The van der Waals surface area contributed by atoms with E-state index in [1.807, 2.05) is 13.0 Å². The summed E-state index contributed by atoms with van der Waals surface area (Å²) in [5.41, 5.74) is 3.26. The van der Waals surface area contributed by atoms with Crippen LogP contribution >= 0.6 is 11.5 Å². The fourth-order valence-corrected chi connectivity index (χ4v) is 4.58. The van der Waals surface area contributed by atoms with Crippen LogP contribution in [0.4, 0.5) is 0 Å². The Labute approximate surface area is 160 Å². The number of rotatable bonds is 6. The van der Waals surface area contributed by atoms with Crippen molar-refractivity contribution >= 4 is 17.4 Å². The number of carbonyl (C=O) groups is 1. The van der Waals surface area contributed by atoms with E-state index < -0.39 is 0 Å². The van der Waals surface area contributed by atoms with Gasteiger partial charge in [0, 0.05) is 26.2 Å². The van der Waals surface area contributed by atoms with Crippen LogP contribution < -0.4 is 5.32 Å². The average molecular weight is 373 g/mol. The highest BCUT2D eigenvalue weighted by Gasteiger charge is 2.22. The highest BCUT2D eigenvalue weighted by Crippen LogP contribution is 2.23. The lowest BCUT2D eigenvalue weighted by molar-refractivity contribution is 0.0953. The summed E-state index contributed by atoms with van der Waals surface area (Å²) in [6.07, 6.45) is 2.04. The second-order valence-electron chi connectivity index (χ2n) is 7.49. The van der Waals surface area contributed by atoms with E-state index in [9.17, 15) is 4.79 Å². The number of nitrogens with one attached hydrogen (secondary N) is 1. The highest BCUT2D eigenvalue weighted by molar-refractivity contribution is 7.08. The molecule has 0 aliphatic carbocycles. The van der Waals surface area contributed by atoms with Gasteiger partial charge in [-0.25, -0.2) is 0 Å². The number of aryl methyl sites for hydroxylation is 1. The maximum atomic E-state index is 12.5. The minimum atomic E-state index is -0.0770. The molecule has 0 spiro atoms. The van der Waals surface area contributed by atoms with Crippen molar-refractivity contribution in [1.29, 1.82) is 0 Å². The fraction of sp³-hybridized carbons (Fsp3) is 0.550. The third-order valence-electron chi connectivity index (χ3n) is 4.99. The van der Waals surface area contributed by atoms with Gasteiger partial charge in [0.1, 0.15) is 4.88 Å². The van der Waals surface area contributed by atoms with Crippen molar-refractivity contribution in [3.8, 4) is 0 Å². The number of carbonyl (C=O) groups excluding carboxylic acids is 1. The Morgan fingerprint density at radius 1 is 1.23 bits per heavy atom. The number of piperidine rings is 1. The number of benzene rings is 1. The van der Waals surface area contributed by atoms with Crippen LogP contribution in [0.15, 0.2) is 24.3 Å². The molecule has 1 aromatic heterocycles. The van der Waals surface area contributed by atoms with Gasteiger partial charge in [-0.2, -0.15) is 0 Å². The molecule has 3 rings (SSSR count). The fourth-order valence-electron chi connectivity index (χ4n) is 3.91. The van der Waals surface area contributed by atoms with Gasteiger partial charge >= 0.3 is 0 Å². The van der Waals surface area contributed by atoms with E-state index in [2.05, 4.69) is 51.9 Å². The SMILES string of the molecule is CCc1nnsc1C(=O)NCc1ccccc1CN1C[C@@H](C)C[C@H](C)C1. The monoisotopic (exact) mass is 372 g/mol. The maximum Gasteiger partial charge on any atom is 0.265 e. The van der Waals surface area contributed by atoms with Crippen molar-refractivity contribution in [2.75, 3.05) is 13.1 Å². The first-order chi connectivity index (χ1) is 12.6. The number of aromatic nitrogens is 2. The van der Waals surface area contributed by atoms with Crippen molar-refractivity contribution in [3.63, 3.8) is 0 Å². The summed E-state index contributed by atoms with van der Waals surface area (Å²) in [4.78, 5) is 15.6. The third-order valence-corrected chi connectivity index (χ3v) is 5.76. The van der Waals surface area contributed by atoms with Crippen molar-refractivity contribution in [1.82, 2.24) is 19.8 Å². The highest BCUT2D eigenvalue weighted by atomic mass is 32.1. The van der Waals surface area contributed by atoms with Gasteiger partial charge in [-0.15, -0.1) is 5.10 Å². The molecule has 0 radical (unpaired) electrons. The Morgan fingerprint density at radius 3 is 2.62 bits per heavy atom. The summed E-state index contributed by atoms with van der Waals surface area (Å²) in [5.74, 6) is 1.42. The second kappa shape index (κ2) is 8.73. The summed E-state index contributed by atoms with van der Waals surface area (Å²) in [6, 6.07) is 8.41. The molecule has 1 amide bonds. The van der Waals surface area contributed by atoms with Gasteiger partial charge in [-0.3, -0.25) is 9.69 Å². The normalized spacial score (nSPS) is 20.9. The predicted octanol–water partition coefficient (Wildman–Crippen LogP) is 3.51. The number of hydrogen-bond donors (Lipinski definition) is 1. The minimum absolute atomic E-state index is 0.0770. The molecule has 26 heavy (non-hydrogen) atoms. The number of likely N-dealkylation sites (tertiary alicyclic amines) is 1. The van der Waals surface area contributed by atoms with Crippen molar-refractivity contribution in [2.45, 2.75) is 46.7 Å². The van der Waals surface area contributed by atoms with Crippen molar-refractivity contribution in [3.05, 3.63) is 46.0 Å². The van der Waals surface area contributed by atoms with Crippen LogP contribution in [-0.2, 0) is 19.5 Å². The zero-order chi connectivity index (χ0) is 18.5. The van der Waals surface area contributed by atoms with Crippen LogP contribution in [0.25, 0.3) is 0 Å². The van der Waals surface area contributed by atoms with Crippen LogP contribution in [0.2, 0.25) is 0 Å². The first-order valence-corrected chi connectivity index (χ1v) is 10.2. The zero-order valence-corrected chi connectivity index (χ0v) is 16.7. The number of hydrogen-bond acceptors (Lipinski definition) is 5. The van der Waals surface area contributed by atoms with E-state index >= 15 is 0 Å². The number of nitrogens with zero attached hydrogens (tertiary/aromatic N) is 3. The Morgan fingerprint density at radius 2 is 1.92 bits per heavy atom. The molecule has 6 heteroatoms. The molecule has 1 fully saturated rings. The quantitative estimate of drug-likeness (QED) is 0.843. The molecule has 5 nitrogen and oxygen atoms in total. The predicted molar refractivity (Wildman–Crippen MR) is 105 cm³/mol. The van der Waals surface area contributed by atoms with Crippen LogP contribution in [0.3, 0.4) is 0 Å². The summed E-state index contributed by atoms with van der Waals surface area (Å²) >= 11 is 1.17. The maximum absolute atomic E-state index is 12.5. The van der Waals surface area contributed by atoms with Gasteiger partial charge in [0.15, 0.2) is 0 Å². The Balaban J connectivity index is 1.65. The Hall–Kier alpha value is -1.79. The molecule has 0 bridgehead atoms. The molecule has 140 valence electrons. The van der Waals surface area contributed by atoms with Crippen LogP contribution in [-0.4, -0.2) is 33.5 Å². The molecular weight excluding hydrogens is 344 g/mol. The molecular formula is C20H28N4OS. The van der Waals surface area contributed by atoms with Gasteiger partial charge in [0.05, 0.1) is 5.69 Å². The zero-order valence-electron chi connectivity index (χ0n) is 15.9. The van der Waals surface area contributed by atoms with Crippen LogP contribution in [0, 0.1) is 11.8 Å². The summed E-state index contributed by atoms with van der Waals surface area (Å²) in [5, 5.41) is 7.07. The van der Waals surface area contributed by atoms with E-state index in [1.54, 1.807) is 0 Å².